The highest BCUT2D eigenvalue weighted by atomic mass is 19.1. The van der Waals surface area contributed by atoms with Gasteiger partial charge in [0.25, 0.3) is 11.8 Å². The van der Waals surface area contributed by atoms with Crippen molar-refractivity contribution in [3.8, 4) is 0 Å². The summed E-state index contributed by atoms with van der Waals surface area (Å²) in [5, 5.41) is 2.62. The Bertz CT molecular complexity index is 768. The normalized spacial score (nSPS) is 20.0. The molecule has 1 saturated heterocycles. The fraction of sp³-hybridized carbons (Fsp3) is 0.294. The van der Waals surface area contributed by atoms with Gasteiger partial charge >= 0.3 is 0 Å². The van der Waals surface area contributed by atoms with Crippen LogP contribution in [0.1, 0.15) is 28.9 Å². The maximum atomic E-state index is 13.5. The quantitative estimate of drug-likeness (QED) is 0.926. The summed E-state index contributed by atoms with van der Waals surface area (Å²) in [6.07, 6.45) is 5.57. The van der Waals surface area contributed by atoms with Crippen LogP contribution < -0.4 is 5.32 Å². The van der Waals surface area contributed by atoms with E-state index in [4.69, 9.17) is 0 Å². The van der Waals surface area contributed by atoms with E-state index in [-0.39, 0.29) is 11.5 Å². The summed E-state index contributed by atoms with van der Waals surface area (Å²) in [6.45, 7) is 0.388. The van der Waals surface area contributed by atoms with Crippen LogP contribution in [0.2, 0.25) is 0 Å². The molecule has 124 valence electrons. The van der Waals surface area contributed by atoms with Gasteiger partial charge in [0, 0.05) is 31.5 Å². The maximum absolute atomic E-state index is 13.5. The second-order valence-corrected chi connectivity index (χ2v) is 5.60. The minimum absolute atomic E-state index is 0.203. The Morgan fingerprint density at radius 3 is 2.83 bits per heavy atom. The first-order valence-corrected chi connectivity index (χ1v) is 7.66. The van der Waals surface area contributed by atoms with Crippen LogP contribution in [-0.2, 0) is 10.3 Å². The molecule has 1 fully saturated rings. The fourth-order valence-corrected chi connectivity index (χ4v) is 3.21. The second-order valence-electron chi connectivity index (χ2n) is 5.60. The molecule has 7 heteroatoms. The molecule has 1 atom stereocenters. The van der Waals surface area contributed by atoms with E-state index in [1.54, 1.807) is 0 Å². The van der Waals surface area contributed by atoms with Crippen molar-refractivity contribution in [3.63, 3.8) is 0 Å². The summed E-state index contributed by atoms with van der Waals surface area (Å²) < 4.78 is 13.5. The second kappa shape index (κ2) is 6.35. The molecule has 1 aliphatic heterocycles. The van der Waals surface area contributed by atoms with Gasteiger partial charge in [-0.2, -0.15) is 0 Å². The zero-order chi connectivity index (χ0) is 17.2. The summed E-state index contributed by atoms with van der Waals surface area (Å²) in [6, 6.07) is 5.46. The van der Waals surface area contributed by atoms with Crippen molar-refractivity contribution in [1.29, 1.82) is 0 Å². The topological polar surface area (TPSA) is 75.2 Å². The maximum Gasteiger partial charge on any atom is 0.255 e. The summed E-state index contributed by atoms with van der Waals surface area (Å²) in [4.78, 5) is 35.4. The first kappa shape index (κ1) is 16.0. The zero-order valence-corrected chi connectivity index (χ0v) is 13.2. The van der Waals surface area contributed by atoms with Crippen LogP contribution in [0, 0.1) is 5.82 Å². The molecule has 24 heavy (non-hydrogen) atoms. The lowest BCUT2D eigenvalue weighted by Gasteiger charge is -2.36. The highest BCUT2D eigenvalue weighted by Gasteiger charge is 2.52. The molecule has 6 nitrogen and oxygen atoms in total. The summed E-state index contributed by atoms with van der Waals surface area (Å²) >= 11 is 0. The molecule has 2 heterocycles. The Morgan fingerprint density at radius 2 is 2.17 bits per heavy atom. The summed E-state index contributed by atoms with van der Waals surface area (Å²) in [5.74, 6) is -1.23. The van der Waals surface area contributed by atoms with Gasteiger partial charge in [-0.15, -0.1) is 0 Å². The Balaban J connectivity index is 2.08. The number of nitrogens with one attached hydrogen (secondary N) is 1. The van der Waals surface area contributed by atoms with Gasteiger partial charge in [-0.3, -0.25) is 19.6 Å². The van der Waals surface area contributed by atoms with Gasteiger partial charge in [-0.1, -0.05) is 6.07 Å². The monoisotopic (exact) mass is 328 g/mol. The van der Waals surface area contributed by atoms with Gasteiger partial charge < -0.3 is 10.2 Å². The van der Waals surface area contributed by atoms with Gasteiger partial charge in [-0.05, 0) is 31.0 Å². The molecule has 0 bridgehead atoms. The average molecular weight is 328 g/mol. The van der Waals surface area contributed by atoms with Crippen molar-refractivity contribution in [3.05, 3.63) is 59.9 Å². The lowest BCUT2D eigenvalue weighted by atomic mass is 9.90. The number of aromatic nitrogens is 2. The zero-order valence-electron chi connectivity index (χ0n) is 13.2. The smallest absolute Gasteiger partial charge is 0.255 e. The van der Waals surface area contributed by atoms with Gasteiger partial charge in [-0.25, -0.2) is 4.39 Å². The highest BCUT2D eigenvalue weighted by Crippen LogP contribution is 2.39. The van der Waals surface area contributed by atoms with Crippen molar-refractivity contribution < 1.29 is 14.0 Å². The Morgan fingerprint density at radius 1 is 1.33 bits per heavy atom. The van der Waals surface area contributed by atoms with Gasteiger partial charge in [0.1, 0.15) is 5.82 Å². The Labute approximate surface area is 138 Å². The number of rotatable bonds is 3. The average Bonchev–Trinajstić information content (AvgIpc) is 3.07. The Hall–Kier alpha value is -2.83. The minimum atomic E-state index is -1.23. The predicted molar refractivity (Wildman–Crippen MR) is 84.4 cm³/mol. The van der Waals surface area contributed by atoms with Crippen molar-refractivity contribution in [1.82, 2.24) is 20.2 Å². The van der Waals surface area contributed by atoms with E-state index in [1.807, 2.05) is 0 Å². The van der Waals surface area contributed by atoms with Crippen LogP contribution in [0.5, 0.6) is 0 Å². The van der Waals surface area contributed by atoms with E-state index < -0.39 is 17.3 Å². The molecule has 1 N–H and O–H groups in total. The molecule has 0 radical (unpaired) electrons. The number of likely N-dealkylation sites (N-methyl/N-ethyl adjacent to an activating group) is 1. The van der Waals surface area contributed by atoms with E-state index >= 15 is 0 Å². The molecule has 1 aromatic carbocycles. The van der Waals surface area contributed by atoms with Gasteiger partial charge in [0.2, 0.25) is 0 Å². The molecule has 0 spiro atoms. The molecule has 1 aromatic heterocycles. The van der Waals surface area contributed by atoms with Crippen LogP contribution in [-0.4, -0.2) is 40.3 Å². The molecule has 0 aliphatic carbocycles. The molecule has 2 amide bonds. The number of amides is 2. The van der Waals surface area contributed by atoms with E-state index in [0.717, 1.165) is 0 Å². The van der Waals surface area contributed by atoms with Crippen LogP contribution in [0.4, 0.5) is 4.39 Å². The van der Waals surface area contributed by atoms with Crippen LogP contribution >= 0.6 is 0 Å². The summed E-state index contributed by atoms with van der Waals surface area (Å²) in [5.41, 5.74) is -0.618. The molecule has 1 unspecified atom stereocenters. The van der Waals surface area contributed by atoms with Gasteiger partial charge in [0.15, 0.2) is 5.54 Å². The number of hydrogen-bond acceptors (Lipinski definition) is 4. The molecule has 3 rings (SSSR count). The van der Waals surface area contributed by atoms with Crippen molar-refractivity contribution in [2.45, 2.75) is 18.4 Å². The molecule has 2 aromatic rings. The van der Waals surface area contributed by atoms with Gasteiger partial charge in [0.05, 0.1) is 11.9 Å². The standard InChI is InChI=1S/C17H17FN4O2/c1-19-16(24)17(14-11-20-7-8-21-14)6-3-9-22(17)15(23)12-4-2-5-13(18)10-12/h2,4-5,7-8,10-11H,3,6,9H2,1H3,(H,19,24). The number of nitrogens with zero attached hydrogens (tertiary/aromatic N) is 3. The molecular weight excluding hydrogens is 311 g/mol. The predicted octanol–water partition coefficient (Wildman–Crippen LogP) is 1.49. The van der Waals surface area contributed by atoms with Crippen molar-refractivity contribution >= 4 is 11.8 Å². The molecule has 0 saturated carbocycles. The van der Waals surface area contributed by atoms with E-state index in [1.165, 1.54) is 54.8 Å². The number of benzene rings is 1. The van der Waals surface area contributed by atoms with Crippen LogP contribution in [0.25, 0.3) is 0 Å². The van der Waals surface area contributed by atoms with Crippen LogP contribution in [0.15, 0.2) is 42.9 Å². The largest absolute Gasteiger partial charge is 0.357 e. The first-order chi connectivity index (χ1) is 11.6. The summed E-state index contributed by atoms with van der Waals surface area (Å²) in [7, 11) is 1.52. The van der Waals surface area contributed by atoms with E-state index in [9.17, 15) is 14.0 Å². The van der Waals surface area contributed by atoms with E-state index in [2.05, 4.69) is 15.3 Å². The number of halogens is 1. The third-order valence-electron chi connectivity index (χ3n) is 4.29. The lowest BCUT2D eigenvalue weighted by molar-refractivity contribution is -0.131. The fourth-order valence-electron chi connectivity index (χ4n) is 3.21. The minimum Gasteiger partial charge on any atom is -0.357 e. The third kappa shape index (κ3) is 2.51. The van der Waals surface area contributed by atoms with E-state index in [0.29, 0.717) is 25.1 Å². The first-order valence-electron chi connectivity index (χ1n) is 7.66. The molecular formula is C17H17FN4O2. The van der Waals surface area contributed by atoms with Crippen molar-refractivity contribution in [2.24, 2.45) is 0 Å². The van der Waals surface area contributed by atoms with Crippen molar-refractivity contribution in [2.75, 3.05) is 13.6 Å². The van der Waals surface area contributed by atoms with Crippen LogP contribution in [0.3, 0.4) is 0 Å². The molecule has 1 aliphatic rings. The highest BCUT2D eigenvalue weighted by molar-refractivity contribution is 6.00. The lowest BCUT2D eigenvalue weighted by Crippen LogP contribution is -2.54. The SMILES string of the molecule is CNC(=O)C1(c2cnccn2)CCCN1C(=O)c1cccc(F)c1. The Kier molecular flexibility index (Phi) is 4.24. The number of carbonyl (C=O) groups is 2. The number of likely N-dealkylation sites (tertiary alicyclic amines) is 1. The third-order valence-corrected chi connectivity index (χ3v) is 4.29. The number of carbonyl (C=O) groups excluding carboxylic acids is 2. The number of hydrogen-bond donors (Lipinski definition) is 1.